The highest BCUT2D eigenvalue weighted by Gasteiger charge is 2.37. The van der Waals surface area contributed by atoms with E-state index < -0.39 is 41.7 Å². The molecule has 4 amide bonds. The second-order valence-electron chi connectivity index (χ2n) is 10.8. The van der Waals surface area contributed by atoms with E-state index in [0.717, 1.165) is 55.0 Å². The lowest BCUT2D eigenvalue weighted by Crippen LogP contribution is -2.55. The van der Waals surface area contributed by atoms with Gasteiger partial charge in [0.05, 0.1) is 6.04 Å². The maximum atomic E-state index is 13.5. The Balaban J connectivity index is 1.43. The van der Waals surface area contributed by atoms with Gasteiger partial charge in [-0.25, -0.2) is 4.79 Å². The first-order chi connectivity index (χ1) is 18.8. The van der Waals surface area contributed by atoms with Crippen LogP contribution in [0.25, 0.3) is 0 Å². The summed E-state index contributed by atoms with van der Waals surface area (Å²) >= 11 is 3.39. The second kappa shape index (κ2) is 13.9. The van der Waals surface area contributed by atoms with Crippen LogP contribution in [0.15, 0.2) is 28.7 Å². The van der Waals surface area contributed by atoms with Gasteiger partial charge in [0.25, 0.3) is 5.91 Å². The highest BCUT2D eigenvalue weighted by molar-refractivity contribution is 9.10. The molecule has 0 unspecified atom stereocenters. The molecular formula is C28H37BrN4O6. The number of carbonyl (C=O) groups excluding carboxylic acids is 5. The number of ketones is 1. The monoisotopic (exact) mass is 604 g/mol. The molecule has 4 rings (SSSR count). The van der Waals surface area contributed by atoms with E-state index in [1.807, 2.05) is 24.3 Å². The molecule has 11 heteroatoms. The van der Waals surface area contributed by atoms with Gasteiger partial charge >= 0.3 is 6.09 Å². The number of carbonyl (C=O) groups is 5. The first-order valence-electron chi connectivity index (χ1n) is 13.9. The molecule has 39 heavy (non-hydrogen) atoms. The number of alkyl carbamates (subject to hydrolysis) is 1. The Labute approximate surface area is 236 Å². The third-order valence-electron chi connectivity index (χ3n) is 7.61. The van der Waals surface area contributed by atoms with E-state index in [9.17, 15) is 24.0 Å². The highest BCUT2D eigenvalue weighted by atomic mass is 79.9. The lowest BCUT2D eigenvalue weighted by atomic mass is 9.84. The molecule has 1 saturated heterocycles. The van der Waals surface area contributed by atoms with Gasteiger partial charge in [-0.05, 0) is 55.7 Å². The van der Waals surface area contributed by atoms with Crippen LogP contribution in [0.2, 0.25) is 0 Å². The Hall–Kier alpha value is -2.95. The molecule has 0 aromatic heterocycles. The van der Waals surface area contributed by atoms with E-state index in [4.69, 9.17) is 4.74 Å². The van der Waals surface area contributed by atoms with Crippen molar-refractivity contribution in [1.29, 1.82) is 0 Å². The van der Waals surface area contributed by atoms with Crippen molar-refractivity contribution in [2.24, 2.45) is 11.8 Å². The van der Waals surface area contributed by atoms with Crippen LogP contribution in [-0.2, 0) is 30.5 Å². The summed E-state index contributed by atoms with van der Waals surface area (Å²) in [5, 5.41) is 10.8. The molecule has 0 spiro atoms. The smallest absolute Gasteiger partial charge is 0.408 e. The summed E-state index contributed by atoms with van der Waals surface area (Å²) in [5.74, 6) is -2.52. The molecule has 3 atom stereocenters. The number of Topliss-reactive ketones (excluding diaryl/α,β-unsaturated/α-hetero) is 1. The summed E-state index contributed by atoms with van der Waals surface area (Å²) in [6.07, 6.45) is 7.01. The topological polar surface area (TPSA) is 143 Å². The molecule has 1 aliphatic heterocycles. The number of hydrogen-bond donors (Lipinski definition) is 4. The van der Waals surface area contributed by atoms with Crippen molar-refractivity contribution in [2.45, 2.75) is 88.9 Å². The summed E-state index contributed by atoms with van der Waals surface area (Å²) in [7, 11) is 0. The summed E-state index contributed by atoms with van der Waals surface area (Å²) in [6.45, 7) is 0.518. The van der Waals surface area contributed by atoms with Crippen LogP contribution in [0.5, 0.6) is 0 Å². The molecule has 1 heterocycles. The fourth-order valence-electron chi connectivity index (χ4n) is 5.25. The van der Waals surface area contributed by atoms with Gasteiger partial charge < -0.3 is 26.0 Å². The number of benzene rings is 1. The Morgan fingerprint density at radius 3 is 2.41 bits per heavy atom. The van der Waals surface area contributed by atoms with E-state index >= 15 is 0 Å². The average Bonchev–Trinajstić information content (AvgIpc) is 3.65. The van der Waals surface area contributed by atoms with Crippen molar-refractivity contribution in [3.63, 3.8) is 0 Å². The summed E-state index contributed by atoms with van der Waals surface area (Å²) in [4.78, 5) is 64.1. The quantitative estimate of drug-likeness (QED) is 0.270. The van der Waals surface area contributed by atoms with Gasteiger partial charge in [0.1, 0.15) is 12.6 Å². The summed E-state index contributed by atoms with van der Waals surface area (Å²) in [5.41, 5.74) is 0.787. The minimum atomic E-state index is -1.17. The molecule has 212 valence electrons. The van der Waals surface area contributed by atoms with Crippen molar-refractivity contribution in [2.75, 3.05) is 6.54 Å². The molecule has 10 nitrogen and oxygen atoms in total. The van der Waals surface area contributed by atoms with Crippen molar-refractivity contribution in [3.8, 4) is 0 Å². The molecular weight excluding hydrogens is 568 g/mol. The highest BCUT2D eigenvalue weighted by Crippen LogP contribution is 2.28. The Morgan fingerprint density at radius 2 is 1.74 bits per heavy atom. The number of rotatable bonds is 12. The first-order valence-corrected chi connectivity index (χ1v) is 14.7. The molecule has 2 aliphatic carbocycles. The standard InChI is InChI=1S/C28H37BrN4O6/c29-20-8-4-7-18(13-20)16-39-28(38)33-23(14-17-5-2-1-3-6-17)26(36)32-22(15-19-11-12-30-25(19)35)24(34)27(37)31-21-9-10-21/h4,7-8,13,17,19,21-23H,1-3,5-6,9-12,14-16H2,(H,30,35)(H,31,37)(H,32,36)(H,33,38)/t19-,22-,23-/m0/s1. The second-order valence-corrected chi connectivity index (χ2v) is 11.7. The van der Waals surface area contributed by atoms with E-state index in [1.165, 1.54) is 0 Å². The van der Waals surface area contributed by atoms with Crippen LogP contribution < -0.4 is 21.3 Å². The van der Waals surface area contributed by atoms with Crippen LogP contribution >= 0.6 is 15.9 Å². The lowest BCUT2D eigenvalue weighted by Gasteiger charge is -2.28. The van der Waals surface area contributed by atoms with E-state index in [-0.39, 0.29) is 30.9 Å². The number of hydrogen-bond acceptors (Lipinski definition) is 6. The van der Waals surface area contributed by atoms with E-state index in [1.54, 1.807) is 0 Å². The van der Waals surface area contributed by atoms with Gasteiger partial charge in [-0.15, -0.1) is 0 Å². The van der Waals surface area contributed by atoms with Crippen LogP contribution in [0.3, 0.4) is 0 Å². The molecule has 3 aliphatic rings. The van der Waals surface area contributed by atoms with E-state index in [2.05, 4.69) is 37.2 Å². The first kappa shape index (κ1) is 29.0. The third kappa shape index (κ3) is 9.05. The molecule has 1 aromatic carbocycles. The Kier molecular flexibility index (Phi) is 10.4. The number of ether oxygens (including phenoxy) is 1. The largest absolute Gasteiger partial charge is 0.445 e. The van der Waals surface area contributed by atoms with Crippen LogP contribution in [0.4, 0.5) is 4.79 Å². The van der Waals surface area contributed by atoms with Crippen LogP contribution in [0.1, 0.15) is 69.8 Å². The fraction of sp³-hybridized carbons (Fsp3) is 0.607. The number of nitrogens with one attached hydrogen (secondary N) is 4. The molecule has 2 saturated carbocycles. The maximum absolute atomic E-state index is 13.5. The predicted molar refractivity (Wildman–Crippen MR) is 146 cm³/mol. The zero-order valence-corrected chi connectivity index (χ0v) is 23.6. The molecule has 0 radical (unpaired) electrons. The number of halogens is 1. The predicted octanol–water partition coefficient (Wildman–Crippen LogP) is 2.87. The van der Waals surface area contributed by atoms with Crippen molar-refractivity contribution in [1.82, 2.24) is 21.3 Å². The van der Waals surface area contributed by atoms with Gasteiger partial charge in [0, 0.05) is 23.0 Å². The molecule has 3 fully saturated rings. The van der Waals surface area contributed by atoms with Crippen molar-refractivity contribution >= 4 is 45.5 Å². The van der Waals surface area contributed by atoms with Gasteiger partial charge in [-0.3, -0.25) is 19.2 Å². The summed E-state index contributed by atoms with van der Waals surface area (Å²) < 4.78 is 6.24. The van der Waals surface area contributed by atoms with E-state index in [0.29, 0.717) is 19.4 Å². The zero-order valence-electron chi connectivity index (χ0n) is 22.0. The Morgan fingerprint density at radius 1 is 0.974 bits per heavy atom. The number of amides is 4. The Bertz CT molecular complexity index is 1070. The molecule has 0 bridgehead atoms. The van der Waals surface area contributed by atoms with Crippen molar-refractivity contribution in [3.05, 3.63) is 34.3 Å². The average molecular weight is 606 g/mol. The van der Waals surface area contributed by atoms with Crippen LogP contribution in [0, 0.1) is 11.8 Å². The zero-order chi connectivity index (χ0) is 27.8. The van der Waals surface area contributed by atoms with Crippen molar-refractivity contribution < 1.29 is 28.7 Å². The summed E-state index contributed by atoms with van der Waals surface area (Å²) in [6, 6.07) is 5.23. The fourth-order valence-corrected chi connectivity index (χ4v) is 5.69. The minimum absolute atomic E-state index is 0.0201. The molecule has 1 aromatic rings. The third-order valence-corrected chi connectivity index (χ3v) is 8.11. The van der Waals surface area contributed by atoms with Gasteiger partial charge in [0.15, 0.2) is 0 Å². The van der Waals surface area contributed by atoms with Gasteiger partial charge in [0.2, 0.25) is 17.6 Å². The normalized spacial score (nSPS) is 20.8. The van der Waals surface area contributed by atoms with Gasteiger partial charge in [-0.1, -0.05) is 60.2 Å². The van der Waals surface area contributed by atoms with Gasteiger partial charge in [-0.2, -0.15) is 0 Å². The maximum Gasteiger partial charge on any atom is 0.408 e. The minimum Gasteiger partial charge on any atom is -0.445 e. The SMILES string of the molecule is O=C(N[C@@H](CC1CCCCC1)C(=O)N[C@@H](C[C@@H]1CCNC1=O)C(=O)C(=O)NC1CC1)OCc1cccc(Br)c1. The van der Waals surface area contributed by atoms with Crippen LogP contribution in [-0.4, -0.2) is 54.3 Å². The molecule has 4 N–H and O–H groups in total. The lowest BCUT2D eigenvalue weighted by molar-refractivity contribution is -0.141.